The highest BCUT2D eigenvalue weighted by Gasteiger charge is 2.15. The van der Waals surface area contributed by atoms with Gasteiger partial charge < -0.3 is 15.4 Å². The molecule has 0 atom stereocenters. The Kier molecular flexibility index (Phi) is 6.96. The molecule has 2 amide bonds. The predicted octanol–water partition coefficient (Wildman–Crippen LogP) is 3.70. The summed E-state index contributed by atoms with van der Waals surface area (Å²) in [4.78, 5) is 35.7. The molecule has 2 N–H and O–H groups in total. The maximum absolute atomic E-state index is 12.3. The van der Waals surface area contributed by atoms with E-state index in [2.05, 4.69) is 10.6 Å². The Balaban J connectivity index is 2.03. The van der Waals surface area contributed by atoms with Gasteiger partial charge in [-0.25, -0.2) is 0 Å². The van der Waals surface area contributed by atoms with E-state index in [1.807, 2.05) is 13.8 Å². The summed E-state index contributed by atoms with van der Waals surface area (Å²) in [6.07, 6.45) is 0. The van der Waals surface area contributed by atoms with Gasteiger partial charge in [0.05, 0.1) is 11.3 Å². The number of anilines is 1. The molecule has 0 saturated carbocycles. The number of nitrogens with one attached hydrogen (secondary N) is 2. The molecule has 7 heteroatoms. The summed E-state index contributed by atoms with van der Waals surface area (Å²) < 4.78 is 5.41. The molecule has 0 heterocycles. The monoisotopic (exact) mass is 388 g/mol. The van der Waals surface area contributed by atoms with E-state index in [9.17, 15) is 14.4 Å². The number of Topliss-reactive ketones (excluding diaryl/α,β-unsaturated/α-hetero) is 1. The summed E-state index contributed by atoms with van der Waals surface area (Å²) in [6, 6.07) is 11.1. The van der Waals surface area contributed by atoms with Crippen molar-refractivity contribution in [3.63, 3.8) is 0 Å². The third-order valence-corrected chi connectivity index (χ3v) is 3.79. The van der Waals surface area contributed by atoms with Crippen LogP contribution in [0.25, 0.3) is 0 Å². The molecule has 142 valence electrons. The Morgan fingerprint density at radius 2 is 1.74 bits per heavy atom. The number of carbonyl (C=O) groups excluding carboxylic acids is 3. The van der Waals surface area contributed by atoms with Crippen LogP contribution in [0.3, 0.4) is 0 Å². The molecule has 2 aromatic carbocycles. The molecule has 0 aliphatic heterocycles. The van der Waals surface area contributed by atoms with Crippen molar-refractivity contribution in [3.05, 3.63) is 58.6 Å². The molecule has 27 heavy (non-hydrogen) atoms. The highest BCUT2D eigenvalue weighted by molar-refractivity contribution is 6.31. The first-order chi connectivity index (χ1) is 12.8. The minimum Gasteiger partial charge on any atom is -0.484 e. The molecule has 0 aliphatic carbocycles. The molecule has 0 aliphatic rings. The van der Waals surface area contributed by atoms with Gasteiger partial charge in [-0.2, -0.15) is 0 Å². The lowest BCUT2D eigenvalue weighted by Crippen LogP contribution is -2.31. The van der Waals surface area contributed by atoms with Crippen LogP contribution in [0, 0.1) is 0 Å². The van der Waals surface area contributed by atoms with Gasteiger partial charge in [0, 0.05) is 16.6 Å². The van der Waals surface area contributed by atoms with Crippen molar-refractivity contribution < 1.29 is 19.1 Å². The van der Waals surface area contributed by atoms with Crippen molar-refractivity contribution >= 4 is 34.9 Å². The highest BCUT2D eigenvalue weighted by atomic mass is 35.5. The van der Waals surface area contributed by atoms with Gasteiger partial charge >= 0.3 is 0 Å². The summed E-state index contributed by atoms with van der Waals surface area (Å²) in [5.74, 6) is -0.337. The molecule has 0 saturated heterocycles. The van der Waals surface area contributed by atoms with Crippen LogP contribution in [-0.2, 0) is 4.79 Å². The lowest BCUT2D eigenvalue weighted by Gasteiger charge is -2.14. The second-order valence-electron chi connectivity index (χ2n) is 6.24. The van der Waals surface area contributed by atoms with Crippen LogP contribution in [-0.4, -0.2) is 30.2 Å². The van der Waals surface area contributed by atoms with Gasteiger partial charge in [0.1, 0.15) is 5.75 Å². The molecule has 6 nitrogen and oxygen atoms in total. The Morgan fingerprint density at radius 1 is 1.07 bits per heavy atom. The smallest absolute Gasteiger partial charge is 0.262 e. The van der Waals surface area contributed by atoms with E-state index in [1.54, 1.807) is 36.4 Å². The molecule has 2 rings (SSSR count). The van der Waals surface area contributed by atoms with Crippen molar-refractivity contribution in [1.29, 1.82) is 0 Å². The third-order valence-electron chi connectivity index (χ3n) is 3.55. The average Bonchev–Trinajstić information content (AvgIpc) is 2.59. The van der Waals surface area contributed by atoms with Crippen LogP contribution in [0.4, 0.5) is 5.69 Å². The number of hydrogen-bond acceptors (Lipinski definition) is 4. The molecular weight excluding hydrogens is 368 g/mol. The standard InChI is InChI=1S/C20H21ClN2O4/c1-12(2)22-20(26)17-9-6-15(21)10-18(17)23-19(25)11-27-16-7-4-14(5-8-16)13(3)24/h4-10,12H,11H2,1-3H3,(H,22,26)(H,23,25). The average molecular weight is 389 g/mol. The Bertz CT molecular complexity index is 848. The normalized spacial score (nSPS) is 10.4. The van der Waals surface area contributed by atoms with Crippen LogP contribution in [0.5, 0.6) is 5.75 Å². The van der Waals surface area contributed by atoms with E-state index in [-0.39, 0.29) is 24.3 Å². The van der Waals surface area contributed by atoms with E-state index >= 15 is 0 Å². The molecule has 0 unspecified atom stereocenters. The molecule has 0 bridgehead atoms. The number of carbonyl (C=O) groups is 3. The largest absolute Gasteiger partial charge is 0.484 e. The number of rotatable bonds is 7. The topological polar surface area (TPSA) is 84.5 Å². The van der Waals surface area contributed by atoms with Crippen molar-refractivity contribution in [2.24, 2.45) is 0 Å². The van der Waals surface area contributed by atoms with Crippen LogP contribution in [0.2, 0.25) is 5.02 Å². The molecule has 0 aromatic heterocycles. The fourth-order valence-corrected chi connectivity index (χ4v) is 2.45. The van der Waals surface area contributed by atoms with E-state index in [1.165, 1.54) is 13.0 Å². The summed E-state index contributed by atoms with van der Waals surface area (Å²) >= 11 is 5.98. The Morgan fingerprint density at radius 3 is 2.33 bits per heavy atom. The Labute approximate surface area is 162 Å². The number of benzene rings is 2. The zero-order chi connectivity index (χ0) is 20.0. The van der Waals surface area contributed by atoms with Crippen molar-refractivity contribution in [2.45, 2.75) is 26.8 Å². The second-order valence-corrected chi connectivity index (χ2v) is 6.67. The lowest BCUT2D eigenvalue weighted by atomic mass is 10.1. The SMILES string of the molecule is CC(=O)c1ccc(OCC(=O)Nc2cc(Cl)ccc2C(=O)NC(C)C)cc1. The first-order valence-corrected chi connectivity index (χ1v) is 8.78. The van der Waals surface area contributed by atoms with Crippen molar-refractivity contribution in [1.82, 2.24) is 5.32 Å². The molecule has 2 aromatic rings. The van der Waals surface area contributed by atoms with Crippen LogP contribution >= 0.6 is 11.6 Å². The Hall–Kier alpha value is -2.86. The molecule has 0 spiro atoms. The summed E-state index contributed by atoms with van der Waals surface area (Å²) in [5, 5.41) is 5.81. The van der Waals surface area contributed by atoms with Crippen LogP contribution in [0.15, 0.2) is 42.5 Å². The van der Waals surface area contributed by atoms with E-state index in [4.69, 9.17) is 16.3 Å². The van der Waals surface area contributed by atoms with Crippen LogP contribution < -0.4 is 15.4 Å². The van der Waals surface area contributed by atoms with Gasteiger partial charge in [-0.05, 0) is 63.2 Å². The minimum absolute atomic E-state index is 0.0435. The van der Waals surface area contributed by atoms with Gasteiger partial charge in [-0.15, -0.1) is 0 Å². The fraction of sp³-hybridized carbons (Fsp3) is 0.250. The zero-order valence-electron chi connectivity index (χ0n) is 15.3. The summed E-state index contributed by atoms with van der Waals surface area (Å²) in [5.41, 5.74) is 1.18. The maximum Gasteiger partial charge on any atom is 0.262 e. The number of amides is 2. The number of ketones is 1. The minimum atomic E-state index is -0.438. The van der Waals surface area contributed by atoms with Crippen molar-refractivity contribution in [3.8, 4) is 5.75 Å². The first-order valence-electron chi connectivity index (χ1n) is 8.40. The van der Waals surface area contributed by atoms with Crippen molar-refractivity contribution in [2.75, 3.05) is 11.9 Å². The van der Waals surface area contributed by atoms with Gasteiger partial charge in [0.2, 0.25) is 0 Å². The predicted molar refractivity (Wildman–Crippen MR) is 105 cm³/mol. The van der Waals surface area contributed by atoms with Gasteiger partial charge in [0.15, 0.2) is 12.4 Å². The summed E-state index contributed by atoms with van der Waals surface area (Å²) in [7, 11) is 0. The highest BCUT2D eigenvalue weighted by Crippen LogP contribution is 2.21. The zero-order valence-corrected chi connectivity index (χ0v) is 16.1. The quantitative estimate of drug-likeness (QED) is 0.708. The number of hydrogen-bond donors (Lipinski definition) is 2. The molecule has 0 fully saturated rings. The van der Waals surface area contributed by atoms with Gasteiger partial charge in [0.25, 0.3) is 11.8 Å². The maximum atomic E-state index is 12.3. The number of ether oxygens (including phenoxy) is 1. The van der Waals surface area contributed by atoms with Gasteiger partial charge in [-0.1, -0.05) is 11.6 Å². The second kappa shape index (κ2) is 9.19. The number of halogens is 1. The molecular formula is C20H21ClN2O4. The van der Waals surface area contributed by atoms with E-state index < -0.39 is 5.91 Å². The van der Waals surface area contributed by atoms with E-state index in [0.29, 0.717) is 27.6 Å². The first kappa shape index (κ1) is 20.5. The summed E-state index contributed by atoms with van der Waals surface area (Å²) in [6.45, 7) is 4.91. The lowest BCUT2D eigenvalue weighted by molar-refractivity contribution is -0.118. The van der Waals surface area contributed by atoms with Crippen LogP contribution in [0.1, 0.15) is 41.5 Å². The molecule has 0 radical (unpaired) electrons. The van der Waals surface area contributed by atoms with Gasteiger partial charge in [-0.3, -0.25) is 14.4 Å². The third kappa shape index (κ3) is 6.11. The fourth-order valence-electron chi connectivity index (χ4n) is 2.28. The van der Waals surface area contributed by atoms with E-state index in [0.717, 1.165) is 0 Å².